The Kier molecular flexibility index (Phi) is 6.68. The number of nitro groups is 1. The lowest BCUT2D eigenvalue weighted by molar-refractivity contribution is -0.387. The number of sulfonamides is 1. The number of ether oxygens (including phenoxy) is 1. The molecule has 1 saturated heterocycles. The van der Waals surface area contributed by atoms with E-state index < -0.39 is 20.6 Å². The van der Waals surface area contributed by atoms with Gasteiger partial charge in [0.2, 0.25) is 10.0 Å². The summed E-state index contributed by atoms with van der Waals surface area (Å²) in [5.74, 6) is 0.832. The summed E-state index contributed by atoms with van der Waals surface area (Å²) in [4.78, 5) is 14.5. The minimum Gasteiger partial charge on any atom is -0.495 e. The zero-order valence-corrected chi connectivity index (χ0v) is 17.0. The fourth-order valence-corrected chi connectivity index (χ4v) is 4.55. The van der Waals surface area contributed by atoms with Gasteiger partial charge in [-0.25, -0.2) is 13.1 Å². The van der Waals surface area contributed by atoms with Gasteiger partial charge in [-0.15, -0.1) is 0 Å². The van der Waals surface area contributed by atoms with Crippen LogP contribution in [0.2, 0.25) is 0 Å². The smallest absolute Gasteiger partial charge is 0.289 e. The molecule has 0 aliphatic carbocycles. The molecule has 0 bridgehead atoms. The third-order valence-corrected chi connectivity index (χ3v) is 6.38. The summed E-state index contributed by atoms with van der Waals surface area (Å²) in [6.45, 7) is 3.88. The molecule has 1 N–H and O–H groups in total. The van der Waals surface area contributed by atoms with E-state index in [-0.39, 0.29) is 11.4 Å². The van der Waals surface area contributed by atoms with Crippen LogP contribution in [-0.4, -0.2) is 64.6 Å². The van der Waals surface area contributed by atoms with Gasteiger partial charge in [0.05, 0.1) is 17.7 Å². The molecule has 2 aromatic rings. The predicted octanol–water partition coefficient (Wildman–Crippen LogP) is 1.70. The number of nitrogens with zero attached hydrogens (tertiary/aromatic N) is 3. The second-order valence-corrected chi connectivity index (χ2v) is 8.36. The van der Waals surface area contributed by atoms with E-state index >= 15 is 0 Å². The van der Waals surface area contributed by atoms with Crippen LogP contribution in [0.15, 0.2) is 53.4 Å². The summed E-state index contributed by atoms with van der Waals surface area (Å²) >= 11 is 0. The van der Waals surface area contributed by atoms with E-state index in [0.717, 1.165) is 37.6 Å². The zero-order chi connectivity index (χ0) is 20.9. The van der Waals surface area contributed by atoms with Crippen molar-refractivity contribution in [3.8, 4) is 5.75 Å². The molecule has 0 spiro atoms. The molecule has 29 heavy (non-hydrogen) atoms. The molecule has 3 rings (SSSR count). The number of rotatable bonds is 8. The van der Waals surface area contributed by atoms with Crippen LogP contribution in [0.1, 0.15) is 0 Å². The summed E-state index contributed by atoms with van der Waals surface area (Å²) in [5, 5.41) is 11.1. The van der Waals surface area contributed by atoms with Crippen molar-refractivity contribution >= 4 is 21.4 Å². The second kappa shape index (κ2) is 9.21. The van der Waals surface area contributed by atoms with Crippen LogP contribution in [0.25, 0.3) is 0 Å². The number of methoxy groups -OCH3 is 1. The molecular formula is C19H24N4O5S. The molecule has 9 nitrogen and oxygen atoms in total. The fourth-order valence-electron chi connectivity index (χ4n) is 3.35. The van der Waals surface area contributed by atoms with Gasteiger partial charge in [-0.05, 0) is 18.2 Å². The Balaban J connectivity index is 1.53. The van der Waals surface area contributed by atoms with E-state index in [1.165, 1.54) is 24.3 Å². The van der Waals surface area contributed by atoms with E-state index in [0.29, 0.717) is 6.54 Å². The van der Waals surface area contributed by atoms with Crippen molar-refractivity contribution in [2.45, 2.75) is 4.90 Å². The van der Waals surface area contributed by atoms with E-state index in [2.05, 4.69) is 14.5 Å². The molecule has 0 unspecified atom stereocenters. The second-order valence-electron chi connectivity index (χ2n) is 6.62. The standard InChI is InChI=1S/C19H24N4O5S/c1-28-18-8-4-2-6-16(18)22-14-12-21(13-15-22)11-10-20-29(26,27)19-9-5-3-7-17(19)23(24)25/h2-9,20H,10-15H2,1H3. The Labute approximate surface area is 170 Å². The Bertz CT molecular complexity index is 959. The largest absolute Gasteiger partial charge is 0.495 e. The molecule has 1 aliphatic rings. The maximum atomic E-state index is 12.5. The molecule has 1 heterocycles. The third kappa shape index (κ3) is 5.03. The van der Waals surface area contributed by atoms with Crippen molar-refractivity contribution in [3.63, 3.8) is 0 Å². The van der Waals surface area contributed by atoms with Crippen LogP contribution >= 0.6 is 0 Å². The van der Waals surface area contributed by atoms with Crippen LogP contribution < -0.4 is 14.4 Å². The van der Waals surface area contributed by atoms with Gasteiger partial charge in [-0.3, -0.25) is 15.0 Å². The van der Waals surface area contributed by atoms with E-state index in [1.54, 1.807) is 7.11 Å². The Morgan fingerprint density at radius 3 is 2.41 bits per heavy atom. The normalized spacial score (nSPS) is 15.3. The maximum Gasteiger partial charge on any atom is 0.289 e. The summed E-state index contributed by atoms with van der Waals surface area (Å²) in [6.07, 6.45) is 0. The molecule has 1 aliphatic heterocycles. The summed E-state index contributed by atoms with van der Waals surface area (Å²) in [5.41, 5.74) is 0.622. The topological polar surface area (TPSA) is 105 Å². The highest BCUT2D eigenvalue weighted by Gasteiger charge is 2.25. The molecule has 0 radical (unpaired) electrons. The molecule has 0 aromatic heterocycles. The molecule has 156 valence electrons. The Morgan fingerprint density at radius 1 is 1.07 bits per heavy atom. The quantitative estimate of drug-likeness (QED) is 0.512. The average Bonchev–Trinajstić information content (AvgIpc) is 2.74. The number of nitrogens with one attached hydrogen (secondary N) is 1. The van der Waals surface area contributed by atoms with Gasteiger partial charge in [-0.1, -0.05) is 24.3 Å². The number of nitro benzene ring substituents is 1. The highest BCUT2D eigenvalue weighted by Crippen LogP contribution is 2.28. The SMILES string of the molecule is COc1ccccc1N1CCN(CCNS(=O)(=O)c2ccccc2[N+](=O)[O-])CC1. The summed E-state index contributed by atoms with van der Waals surface area (Å²) in [7, 11) is -2.29. The minimum absolute atomic E-state index is 0.184. The first-order valence-electron chi connectivity index (χ1n) is 9.26. The first-order chi connectivity index (χ1) is 13.9. The van der Waals surface area contributed by atoms with E-state index in [4.69, 9.17) is 4.74 Å². The van der Waals surface area contributed by atoms with Crippen molar-refractivity contribution in [2.24, 2.45) is 0 Å². The van der Waals surface area contributed by atoms with Crippen LogP contribution in [-0.2, 0) is 10.0 Å². The third-order valence-electron chi connectivity index (χ3n) is 4.87. The predicted molar refractivity (Wildman–Crippen MR) is 110 cm³/mol. The Morgan fingerprint density at radius 2 is 1.72 bits per heavy atom. The lowest BCUT2D eigenvalue weighted by Crippen LogP contribution is -2.48. The van der Waals surface area contributed by atoms with Gasteiger partial charge >= 0.3 is 0 Å². The summed E-state index contributed by atoms with van der Waals surface area (Å²) in [6, 6.07) is 13.2. The van der Waals surface area contributed by atoms with E-state index in [1.807, 2.05) is 24.3 Å². The molecular weight excluding hydrogens is 396 g/mol. The highest BCUT2D eigenvalue weighted by molar-refractivity contribution is 7.89. The van der Waals surface area contributed by atoms with Gasteiger partial charge in [0.15, 0.2) is 4.90 Å². The van der Waals surface area contributed by atoms with Gasteiger partial charge in [0.1, 0.15) is 5.75 Å². The lowest BCUT2D eigenvalue weighted by atomic mass is 10.2. The van der Waals surface area contributed by atoms with Crippen molar-refractivity contribution in [3.05, 3.63) is 58.6 Å². The number of hydrogen-bond acceptors (Lipinski definition) is 7. The van der Waals surface area contributed by atoms with Crippen LogP contribution in [0.3, 0.4) is 0 Å². The van der Waals surface area contributed by atoms with Crippen LogP contribution in [0.5, 0.6) is 5.75 Å². The van der Waals surface area contributed by atoms with E-state index in [9.17, 15) is 18.5 Å². The highest BCUT2D eigenvalue weighted by atomic mass is 32.2. The van der Waals surface area contributed by atoms with Crippen molar-refractivity contribution in [1.29, 1.82) is 0 Å². The number of benzene rings is 2. The molecule has 0 amide bonds. The van der Waals surface area contributed by atoms with Crippen molar-refractivity contribution in [2.75, 3.05) is 51.3 Å². The Hall–Kier alpha value is -2.69. The number of hydrogen-bond donors (Lipinski definition) is 1. The summed E-state index contributed by atoms with van der Waals surface area (Å²) < 4.78 is 32.8. The molecule has 0 saturated carbocycles. The molecule has 2 aromatic carbocycles. The number of anilines is 1. The number of piperazine rings is 1. The van der Waals surface area contributed by atoms with Crippen molar-refractivity contribution < 1.29 is 18.1 Å². The maximum absolute atomic E-state index is 12.5. The van der Waals surface area contributed by atoms with Gasteiger partial charge < -0.3 is 9.64 Å². The fraction of sp³-hybridized carbons (Fsp3) is 0.368. The van der Waals surface area contributed by atoms with Crippen LogP contribution in [0, 0.1) is 10.1 Å². The zero-order valence-electron chi connectivity index (χ0n) is 16.2. The first-order valence-corrected chi connectivity index (χ1v) is 10.7. The van der Waals surface area contributed by atoms with Crippen LogP contribution in [0.4, 0.5) is 11.4 Å². The monoisotopic (exact) mass is 420 g/mol. The minimum atomic E-state index is -3.94. The average molecular weight is 420 g/mol. The molecule has 1 fully saturated rings. The van der Waals surface area contributed by atoms with Crippen molar-refractivity contribution in [1.82, 2.24) is 9.62 Å². The van der Waals surface area contributed by atoms with Gasteiger partial charge in [0.25, 0.3) is 5.69 Å². The lowest BCUT2D eigenvalue weighted by Gasteiger charge is -2.36. The molecule has 10 heteroatoms. The number of para-hydroxylation sites is 3. The molecule has 0 atom stereocenters. The van der Waals surface area contributed by atoms with Gasteiger partial charge in [0, 0.05) is 45.3 Å². The van der Waals surface area contributed by atoms with Gasteiger partial charge in [-0.2, -0.15) is 0 Å². The first kappa shape index (κ1) is 21.0.